The average Bonchev–Trinajstić information content (AvgIpc) is 2.11. The fourth-order valence-corrected chi connectivity index (χ4v) is 0.663. The van der Waals surface area contributed by atoms with Crippen LogP contribution in [0.2, 0.25) is 0 Å². The van der Waals surface area contributed by atoms with Gasteiger partial charge < -0.3 is 0 Å². The summed E-state index contributed by atoms with van der Waals surface area (Å²) in [4.78, 5) is 9.91. The molecule has 0 fully saturated rings. The summed E-state index contributed by atoms with van der Waals surface area (Å²) in [5.41, 5.74) is 2.74. The third kappa shape index (κ3) is 5.76. The summed E-state index contributed by atoms with van der Waals surface area (Å²) < 4.78 is 0. The van der Waals surface area contributed by atoms with Crippen molar-refractivity contribution in [3.8, 4) is 0 Å². The molecule has 1 nitrogen and oxygen atoms in total. The van der Waals surface area contributed by atoms with Gasteiger partial charge in [0.1, 0.15) is 0 Å². The smallest absolute Gasteiger partial charge is 0.224 e. The van der Waals surface area contributed by atoms with E-state index >= 15 is 0 Å². The van der Waals surface area contributed by atoms with Crippen LogP contribution in [0.4, 0.5) is 0 Å². The Labute approximate surface area is 91.1 Å². The van der Waals surface area contributed by atoms with Crippen molar-refractivity contribution in [1.29, 1.82) is 0 Å². The summed E-state index contributed by atoms with van der Waals surface area (Å²) in [6.45, 7) is 7.76. The van der Waals surface area contributed by atoms with E-state index in [2.05, 4.69) is 38.1 Å². The van der Waals surface area contributed by atoms with Crippen LogP contribution in [0.3, 0.4) is 0 Å². The molecule has 0 heterocycles. The predicted molar refractivity (Wildman–Crippen MR) is 61.6 cm³/mol. The summed E-state index contributed by atoms with van der Waals surface area (Å²) in [6, 6.07) is 8.36. The highest BCUT2D eigenvalue weighted by Gasteiger charge is 1.98. The lowest BCUT2D eigenvalue weighted by Crippen LogP contribution is -1.95. The Morgan fingerprint density at radius 2 is 1.43 bits per heavy atom. The number of halogens is 1. The van der Waals surface area contributed by atoms with Crippen molar-refractivity contribution in [2.45, 2.75) is 27.7 Å². The molecule has 14 heavy (non-hydrogen) atoms. The number of carbonyl (C=O) groups is 1. The van der Waals surface area contributed by atoms with Gasteiger partial charge in [-0.15, -0.1) is 0 Å². The first-order chi connectivity index (χ1) is 6.45. The van der Waals surface area contributed by atoms with Gasteiger partial charge in [0.25, 0.3) is 0 Å². The maximum absolute atomic E-state index is 9.91. The lowest BCUT2D eigenvalue weighted by Gasteiger charge is -1.93. The molecule has 0 radical (unpaired) electrons. The van der Waals surface area contributed by atoms with Crippen molar-refractivity contribution in [3.63, 3.8) is 0 Å². The van der Waals surface area contributed by atoms with Crippen molar-refractivity contribution in [2.75, 3.05) is 0 Å². The second-order valence-corrected chi connectivity index (χ2v) is 3.92. The van der Waals surface area contributed by atoms with E-state index in [4.69, 9.17) is 11.6 Å². The Morgan fingerprint density at radius 3 is 1.57 bits per heavy atom. The molecular weight excluding hydrogens is 196 g/mol. The SMILES string of the molecule is CC(C)C(=O)Cl.Cc1ccccc1C. The summed E-state index contributed by atoms with van der Waals surface area (Å²) in [7, 11) is 0. The first kappa shape index (κ1) is 13.2. The van der Waals surface area contributed by atoms with Crippen LogP contribution in [-0.4, -0.2) is 5.24 Å². The molecular formula is C12H17ClO. The number of hydrogen-bond donors (Lipinski definition) is 0. The molecule has 0 saturated carbocycles. The molecule has 2 heteroatoms. The van der Waals surface area contributed by atoms with Crippen LogP contribution in [0.15, 0.2) is 24.3 Å². The molecule has 1 aromatic rings. The quantitative estimate of drug-likeness (QED) is 0.649. The molecule has 0 spiro atoms. The van der Waals surface area contributed by atoms with Gasteiger partial charge in [-0.05, 0) is 36.6 Å². The highest BCUT2D eigenvalue weighted by atomic mass is 35.5. The van der Waals surface area contributed by atoms with Crippen LogP contribution in [0, 0.1) is 19.8 Å². The largest absolute Gasteiger partial charge is 0.281 e. The zero-order chi connectivity index (χ0) is 11.1. The molecule has 78 valence electrons. The van der Waals surface area contributed by atoms with E-state index in [-0.39, 0.29) is 11.2 Å². The van der Waals surface area contributed by atoms with Gasteiger partial charge in [0.2, 0.25) is 5.24 Å². The van der Waals surface area contributed by atoms with E-state index in [0.29, 0.717) is 0 Å². The highest BCUT2D eigenvalue weighted by Crippen LogP contribution is 2.02. The molecule has 0 aliphatic carbocycles. The molecule has 0 amide bonds. The van der Waals surface area contributed by atoms with Gasteiger partial charge in [0, 0.05) is 5.92 Å². The van der Waals surface area contributed by atoms with Gasteiger partial charge in [-0.3, -0.25) is 4.79 Å². The van der Waals surface area contributed by atoms with Crippen LogP contribution in [0.1, 0.15) is 25.0 Å². The van der Waals surface area contributed by atoms with E-state index in [9.17, 15) is 4.79 Å². The number of carbonyl (C=O) groups excluding carboxylic acids is 1. The normalized spacial score (nSPS) is 9.29. The Kier molecular flexibility index (Phi) is 6.22. The zero-order valence-electron chi connectivity index (χ0n) is 9.17. The molecule has 0 bridgehead atoms. The molecule has 0 aliphatic rings. The fraction of sp³-hybridized carbons (Fsp3) is 0.417. The monoisotopic (exact) mass is 212 g/mol. The van der Waals surface area contributed by atoms with Crippen molar-refractivity contribution < 1.29 is 4.79 Å². The number of aryl methyl sites for hydroxylation is 2. The van der Waals surface area contributed by atoms with Crippen molar-refractivity contribution >= 4 is 16.8 Å². The number of hydrogen-bond acceptors (Lipinski definition) is 1. The number of benzene rings is 1. The van der Waals surface area contributed by atoms with Crippen molar-refractivity contribution in [3.05, 3.63) is 35.4 Å². The minimum atomic E-state index is -0.269. The first-order valence-corrected chi connectivity index (χ1v) is 5.04. The van der Waals surface area contributed by atoms with E-state index < -0.39 is 0 Å². The van der Waals surface area contributed by atoms with Gasteiger partial charge in [0.15, 0.2) is 0 Å². The standard InChI is InChI=1S/C8H10.C4H7ClO/c1-7-5-3-4-6-8(7)2;1-3(2)4(5)6/h3-6H,1-2H3;3H,1-2H3. The van der Waals surface area contributed by atoms with E-state index in [1.807, 2.05) is 0 Å². The molecule has 1 rings (SSSR count). The van der Waals surface area contributed by atoms with E-state index in [0.717, 1.165) is 0 Å². The molecule has 0 N–H and O–H groups in total. The van der Waals surface area contributed by atoms with Crippen molar-refractivity contribution in [2.24, 2.45) is 5.92 Å². The van der Waals surface area contributed by atoms with Gasteiger partial charge in [-0.1, -0.05) is 38.1 Å². The van der Waals surface area contributed by atoms with Gasteiger partial charge in [-0.25, -0.2) is 0 Å². The van der Waals surface area contributed by atoms with E-state index in [1.54, 1.807) is 13.8 Å². The predicted octanol–water partition coefficient (Wildman–Crippen LogP) is 3.71. The first-order valence-electron chi connectivity index (χ1n) is 4.66. The highest BCUT2D eigenvalue weighted by molar-refractivity contribution is 6.63. The van der Waals surface area contributed by atoms with Gasteiger partial charge in [0.05, 0.1) is 0 Å². The van der Waals surface area contributed by atoms with Crippen LogP contribution in [-0.2, 0) is 4.79 Å². The fourth-order valence-electron chi connectivity index (χ4n) is 0.663. The molecule has 1 aromatic carbocycles. The minimum Gasteiger partial charge on any atom is -0.281 e. The van der Waals surface area contributed by atoms with Gasteiger partial charge in [-0.2, -0.15) is 0 Å². The molecule has 0 aromatic heterocycles. The third-order valence-corrected chi connectivity index (χ3v) is 2.32. The van der Waals surface area contributed by atoms with Crippen LogP contribution < -0.4 is 0 Å². The summed E-state index contributed by atoms with van der Waals surface area (Å²) in [6.07, 6.45) is 0. The van der Waals surface area contributed by atoms with Crippen LogP contribution in [0.25, 0.3) is 0 Å². The Bertz CT molecular complexity index is 271. The summed E-state index contributed by atoms with van der Waals surface area (Å²) in [5, 5.41) is -0.269. The van der Waals surface area contributed by atoms with Gasteiger partial charge >= 0.3 is 0 Å². The molecule has 0 aliphatic heterocycles. The van der Waals surface area contributed by atoms with E-state index in [1.165, 1.54) is 11.1 Å². The Morgan fingerprint density at radius 1 is 1.14 bits per heavy atom. The topological polar surface area (TPSA) is 17.1 Å². The lowest BCUT2D eigenvalue weighted by molar-refractivity contribution is -0.114. The maximum Gasteiger partial charge on any atom is 0.224 e. The Hall–Kier alpha value is -0.820. The summed E-state index contributed by atoms with van der Waals surface area (Å²) >= 11 is 4.97. The van der Waals surface area contributed by atoms with Crippen molar-refractivity contribution in [1.82, 2.24) is 0 Å². The molecule has 0 saturated heterocycles. The second kappa shape index (κ2) is 6.61. The number of rotatable bonds is 1. The lowest BCUT2D eigenvalue weighted by atomic mass is 10.1. The van der Waals surface area contributed by atoms with Crippen LogP contribution in [0.5, 0.6) is 0 Å². The molecule has 0 unspecified atom stereocenters. The van der Waals surface area contributed by atoms with Crippen LogP contribution >= 0.6 is 11.6 Å². The summed E-state index contributed by atoms with van der Waals surface area (Å²) in [5.74, 6) is -0.0216. The Balaban J connectivity index is 0.000000255. The maximum atomic E-state index is 9.91. The average molecular weight is 213 g/mol. The third-order valence-electron chi connectivity index (χ3n) is 1.88. The zero-order valence-corrected chi connectivity index (χ0v) is 9.93. The minimum absolute atomic E-state index is 0.0216. The second-order valence-electron chi connectivity index (χ2n) is 3.54. The molecule has 0 atom stereocenters.